The van der Waals surface area contributed by atoms with E-state index in [1.807, 2.05) is 37.3 Å². The summed E-state index contributed by atoms with van der Waals surface area (Å²) in [6.45, 7) is 6.76. The van der Waals surface area contributed by atoms with Gasteiger partial charge in [0, 0.05) is 44.8 Å². The van der Waals surface area contributed by atoms with Crippen molar-refractivity contribution >= 4 is 17.8 Å². The van der Waals surface area contributed by atoms with Gasteiger partial charge in [0.25, 0.3) is 0 Å². The number of hydrazone groups is 1. The molecule has 1 N–H and O–H groups in total. The lowest BCUT2D eigenvalue weighted by atomic mass is 10.2. The van der Waals surface area contributed by atoms with Gasteiger partial charge in [-0.15, -0.1) is 0 Å². The monoisotopic (exact) mass is 350 g/mol. The minimum atomic E-state index is -0.0422. The highest BCUT2D eigenvalue weighted by atomic mass is 16.2. The number of hydrogen-bond donors (Lipinski definition) is 1. The number of benzene rings is 2. The first-order valence-electron chi connectivity index (χ1n) is 9.11. The van der Waals surface area contributed by atoms with E-state index < -0.39 is 0 Å². The van der Waals surface area contributed by atoms with E-state index in [-0.39, 0.29) is 5.91 Å². The lowest BCUT2D eigenvalue weighted by Crippen LogP contribution is -2.47. The van der Waals surface area contributed by atoms with Crippen LogP contribution in [-0.2, 0) is 4.79 Å². The molecule has 0 spiro atoms. The standard InChI is InChI=1S/C21H26N4O/c1-18-6-5-7-19(16-18)17-22-23-21(26)10-11-24-12-14-25(15-13-24)20-8-3-2-4-9-20/h2-9,16-17H,10-15H2,1H3,(H,23,26)/b22-17-. The number of hydrogen-bond acceptors (Lipinski definition) is 4. The summed E-state index contributed by atoms with van der Waals surface area (Å²) in [6.07, 6.45) is 2.15. The first-order chi connectivity index (χ1) is 12.7. The van der Waals surface area contributed by atoms with Crippen molar-refractivity contribution in [3.63, 3.8) is 0 Å². The Morgan fingerprint density at radius 3 is 2.58 bits per heavy atom. The normalized spacial score (nSPS) is 15.3. The fourth-order valence-electron chi connectivity index (χ4n) is 3.11. The van der Waals surface area contributed by atoms with E-state index >= 15 is 0 Å². The zero-order valence-corrected chi connectivity index (χ0v) is 15.3. The quantitative estimate of drug-likeness (QED) is 0.644. The molecule has 0 bridgehead atoms. The fraction of sp³-hybridized carbons (Fsp3) is 0.333. The molecule has 0 radical (unpaired) electrons. The summed E-state index contributed by atoms with van der Waals surface area (Å²) in [5.41, 5.74) is 6.06. The first-order valence-corrected chi connectivity index (χ1v) is 9.11. The molecular formula is C21H26N4O. The van der Waals surface area contributed by atoms with Gasteiger partial charge in [0.2, 0.25) is 5.91 Å². The molecule has 0 aromatic heterocycles. The third-order valence-electron chi connectivity index (χ3n) is 4.59. The van der Waals surface area contributed by atoms with Crippen LogP contribution in [0.25, 0.3) is 0 Å². The molecule has 0 unspecified atom stereocenters. The number of aryl methyl sites for hydroxylation is 1. The van der Waals surface area contributed by atoms with Gasteiger partial charge in [0.05, 0.1) is 6.21 Å². The molecule has 1 aliphatic heterocycles. The van der Waals surface area contributed by atoms with Crippen molar-refractivity contribution in [1.29, 1.82) is 0 Å². The van der Waals surface area contributed by atoms with Gasteiger partial charge in [-0.05, 0) is 24.6 Å². The number of carbonyl (C=O) groups is 1. The Morgan fingerprint density at radius 2 is 1.85 bits per heavy atom. The molecule has 1 fully saturated rings. The van der Waals surface area contributed by atoms with Crippen molar-refractivity contribution in [1.82, 2.24) is 10.3 Å². The maximum atomic E-state index is 12.0. The second-order valence-electron chi connectivity index (χ2n) is 6.62. The number of amides is 1. The zero-order chi connectivity index (χ0) is 18.2. The van der Waals surface area contributed by atoms with Crippen LogP contribution in [0.3, 0.4) is 0 Å². The summed E-state index contributed by atoms with van der Waals surface area (Å²) in [4.78, 5) is 16.7. The number of carbonyl (C=O) groups excluding carboxylic acids is 1. The average molecular weight is 350 g/mol. The van der Waals surface area contributed by atoms with Gasteiger partial charge >= 0.3 is 0 Å². The average Bonchev–Trinajstić information content (AvgIpc) is 2.68. The molecule has 136 valence electrons. The fourth-order valence-corrected chi connectivity index (χ4v) is 3.11. The largest absolute Gasteiger partial charge is 0.369 e. The Kier molecular flexibility index (Phi) is 6.39. The molecule has 5 heteroatoms. The summed E-state index contributed by atoms with van der Waals surface area (Å²) in [5, 5.41) is 4.05. The van der Waals surface area contributed by atoms with Crippen molar-refractivity contribution in [2.75, 3.05) is 37.6 Å². The van der Waals surface area contributed by atoms with Gasteiger partial charge in [-0.25, -0.2) is 5.43 Å². The first kappa shape index (κ1) is 18.1. The Morgan fingerprint density at radius 1 is 1.08 bits per heavy atom. The van der Waals surface area contributed by atoms with Gasteiger partial charge in [0.1, 0.15) is 0 Å². The number of nitrogens with one attached hydrogen (secondary N) is 1. The van der Waals surface area contributed by atoms with E-state index in [1.54, 1.807) is 6.21 Å². The van der Waals surface area contributed by atoms with E-state index in [0.29, 0.717) is 6.42 Å². The van der Waals surface area contributed by atoms with E-state index in [1.165, 1.54) is 11.3 Å². The molecule has 0 saturated carbocycles. The van der Waals surface area contributed by atoms with Crippen molar-refractivity contribution in [3.8, 4) is 0 Å². The highest BCUT2D eigenvalue weighted by molar-refractivity contribution is 5.82. The van der Waals surface area contributed by atoms with Gasteiger partial charge in [-0.2, -0.15) is 5.10 Å². The minimum absolute atomic E-state index is 0.0422. The summed E-state index contributed by atoms with van der Waals surface area (Å²) in [6, 6.07) is 18.5. The lowest BCUT2D eigenvalue weighted by molar-refractivity contribution is -0.121. The Labute approximate surface area is 155 Å². The van der Waals surface area contributed by atoms with E-state index in [2.05, 4.69) is 44.6 Å². The Balaban J connectivity index is 1.36. The van der Waals surface area contributed by atoms with Crippen LogP contribution in [0.15, 0.2) is 59.7 Å². The highest BCUT2D eigenvalue weighted by Crippen LogP contribution is 2.15. The predicted molar refractivity (Wildman–Crippen MR) is 107 cm³/mol. The van der Waals surface area contributed by atoms with Gasteiger partial charge < -0.3 is 4.90 Å². The van der Waals surface area contributed by atoms with Gasteiger partial charge in [-0.3, -0.25) is 9.69 Å². The Hall–Kier alpha value is -2.66. The number of para-hydroxylation sites is 1. The molecule has 1 heterocycles. The van der Waals surface area contributed by atoms with E-state index in [4.69, 9.17) is 0 Å². The second kappa shape index (κ2) is 9.15. The maximum absolute atomic E-state index is 12.0. The predicted octanol–water partition coefficient (Wildman–Crippen LogP) is 2.66. The molecule has 0 atom stereocenters. The maximum Gasteiger partial charge on any atom is 0.241 e. The molecule has 0 aliphatic carbocycles. The highest BCUT2D eigenvalue weighted by Gasteiger charge is 2.17. The summed E-state index contributed by atoms with van der Waals surface area (Å²) < 4.78 is 0. The number of nitrogens with zero attached hydrogens (tertiary/aromatic N) is 3. The summed E-state index contributed by atoms with van der Waals surface area (Å²) in [5.74, 6) is -0.0422. The summed E-state index contributed by atoms with van der Waals surface area (Å²) in [7, 11) is 0. The molecule has 1 aliphatic rings. The van der Waals surface area contributed by atoms with Crippen molar-refractivity contribution in [2.45, 2.75) is 13.3 Å². The van der Waals surface area contributed by atoms with Crippen LogP contribution < -0.4 is 10.3 Å². The number of rotatable bonds is 6. The SMILES string of the molecule is Cc1cccc(/C=N\NC(=O)CCN2CCN(c3ccccc3)CC2)c1. The van der Waals surface area contributed by atoms with Crippen LogP contribution in [0.2, 0.25) is 0 Å². The smallest absolute Gasteiger partial charge is 0.241 e. The third kappa shape index (κ3) is 5.43. The molecule has 3 rings (SSSR count). The van der Waals surface area contributed by atoms with Crippen LogP contribution in [0, 0.1) is 6.92 Å². The lowest BCUT2D eigenvalue weighted by Gasteiger charge is -2.36. The van der Waals surface area contributed by atoms with Crippen molar-refractivity contribution < 1.29 is 4.79 Å². The van der Waals surface area contributed by atoms with Crippen LogP contribution >= 0.6 is 0 Å². The van der Waals surface area contributed by atoms with Crippen LogP contribution in [0.5, 0.6) is 0 Å². The van der Waals surface area contributed by atoms with Gasteiger partial charge in [0.15, 0.2) is 0 Å². The van der Waals surface area contributed by atoms with Crippen molar-refractivity contribution in [2.24, 2.45) is 5.10 Å². The van der Waals surface area contributed by atoms with Crippen molar-refractivity contribution in [3.05, 3.63) is 65.7 Å². The molecular weight excluding hydrogens is 324 g/mol. The molecule has 26 heavy (non-hydrogen) atoms. The molecule has 1 amide bonds. The minimum Gasteiger partial charge on any atom is -0.369 e. The number of anilines is 1. The van der Waals surface area contributed by atoms with E-state index in [9.17, 15) is 4.79 Å². The topological polar surface area (TPSA) is 47.9 Å². The zero-order valence-electron chi connectivity index (χ0n) is 15.3. The van der Waals surface area contributed by atoms with Crippen LogP contribution in [0.4, 0.5) is 5.69 Å². The molecule has 1 saturated heterocycles. The third-order valence-corrected chi connectivity index (χ3v) is 4.59. The second-order valence-corrected chi connectivity index (χ2v) is 6.62. The molecule has 2 aromatic rings. The Bertz CT molecular complexity index is 737. The van der Waals surface area contributed by atoms with Gasteiger partial charge in [-0.1, -0.05) is 48.0 Å². The molecule has 5 nitrogen and oxygen atoms in total. The van der Waals surface area contributed by atoms with E-state index in [0.717, 1.165) is 38.3 Å². The van der Waals surface area contributed by atoms with Crippen LogP contribution in [0.1, 0.15) is 17.5 Å². The molecule has 2 aromatic carbocycles. The number of piperazine rings is 1. The van der Waals surface area contributed by atoms with Crippen LogP contribution in [-0.4, -0.2) is 49.7 Å². The summed E-state index contributed by atoms with van der Waals surface area (Å²) >= 11 is 0.